The summed E-state index contributed by atoms with van der Waals surface area (Å²) >= 11 is 0. The number of nitrogens with two attached hydrogens (primary N) is 1. The van der Waals surface area contributed by atoms with Crippen molar-refractivity contribution < 1.29 is 13.2 Å². The number of nitrogens with one attached hydrogen (secondary N) is 1. The van der Waals surface area contributed by atoms with Gasteiger partial charge in [0, 0.05) is 12.6 Å². The number of alkyl halides is 3. The van der Waals surface area contributed by atoms with Crippen molar-refractivity contribution in [2.75, 3.05) is 18.8 Å². The van der Waals surface area contributed by atoms with E-state index in [-0.39, 0.29) is 11.9 Å². The van der Waals surface area contributed by atoms with E-state index in [4.69, 9.17) is 5.73 Å². The van der Waals surface area contributed by atoms with Crippen molar-refractivity contribution >= 4 is 5.82 Å². The highest BCUT2D eigenvalue weighted by Crippen LogP contribution is 2.31. The number of rotatable bonds is 1. The molecule has 1 aromatic heterocycles. The molecule has 1 aliphatic rings. The van der Waals surface area contributed by atoms with Gasteiger partial charge in [-0.25, -0.2) is 4.68 Å². The second-order valence-corrected chi connectivity index (χ2v) is 3.90. The number of hydrogen-bond donors (Lipinski definition) is 2. The van der Waals surface area contributed by atoms with Crippen LogP contribution in [0.25, 0.3) is 0 Å². The van der Waals surface area contributed by atoms with Crippen LogP contribution in [0.3, 0.4) is 0 Å². The normalized spacial score (nSPS) is 22.3. The molecule has 4 nitrogen and oxygen atoms in total. The van der Waals surface area contributed by atoms with Crippen LogP contribution in [0.5, 0.6) is 0 Å². The second-order valence-electron chi connectivity index (χ2n) is 3.90. The minimum absolute atomic E-state index is 0.0704. The highest BCUT2D eigenvalue weighted by atomic mass is 19.4. The van der Waals surface area contributed by atoms with Gasteiger partial charge in [0.1, 0.15) is 5.82 Å². The van der Waals surface area contributed by atoms with Crippen molar-refractivity contribution in [2.45, 2.75) is 25.1 Å². The first-order chi connectivity index (χ1) is 7.48. The Labute approximate surface area is 90.6 Å². The summed E-state index contributed by atoms with van der Waals surface area (Å²) < 4.78 is 38.5. The Kier molecular flexibility index (Phi) is 2.79. The van der Waals surface area contributed by atoms with Crippen LogP contribution in [0, 0.1) is 0 Å². The lowest BCUT2D eigenvalue weighted by Gasteiger charge is -2.23. The van der Waals surface area contributed by atoms with Crippen LogP contribution in [0.2, 0.25) is 0 Å². The topological polar surface area (TPSA) is 55.9 Å². The third-order valence-electron chi connectivity index (χ3n) is 2.67. The summed E-state index contributed by atoms with van der Waals surface area (Å²) in [6, 6.07) is 0.805. The molecule has 0 spiro atoms. The van der Waals surface area contributed by atoms with Crippen molar-refractivity contribution in [2.24, 2.45) is 0 Å². The van der Waals surface area contributed by atoms with Crippen molar-refractivity contribution in [3.63, 3.8) is 0 Å². The Hall–Kier alpha value is -1.24. The fourth-order valence-electron chi connectivity index (χ4n) is 1.88. The first-order valence-electron chi connectivity index (χ1n) is 5.11. The lowest BCUT2D eigenvalue weighted by Crippen LogP contribution is -2.32. The van der Waals surface area contributed by atoms with Crippen LogP contribution >= 0.6 is 0 Å². The van der Waals surface area contributed by atoms with Crippen LogP contribution in [0.4, 0.5) is 19.0 Å². The average molecular weight is 234 g/mol. The number of halogens is 3. The van der Waals surface area contributed by atoms with E-state index in [1.165, 1.54) is 4.68 Å². The monoisotopic (exact) mass is 234 g/mol. The van der Waals surface area contributed by atoms with Crippen molar-refractivity contribution in [1.29, 1.82) is 0 Å². The fourth-order valence-corrected chi connectivity index (χ4v) is 1.88. The van der Waals surface area contributed by atoms with Crippen LogP contribution in [-0.2, 0) is 6.18 Å². The summed E-state index contributed by atoms with van der Waals surface area (Å²) in [5.74, 6) is 0.0704. The molecule has 0 aromatic carbocycles. The largest absolute Gasteiger partial charge is 0.435 e. The number of piperidine rings is 1. The number of anilines is 1. The van der Waals surface area contributed by atoms with E-state index in [9.17, 15) is 13.2 Å². The first kappa shape index (κ1) is 11.3. The van der Waals surface area contributed by atoms with Gasteiger partial charge in [-0.05, 0) is 19.4 Å². The predicted octanol–water partition coefficient (Wildman–Crippen LogP) is 1.41. The van der Waals surface area contributed by atoms with Crippen LogP contribution < -0.4 is 11.1 Å². The summed E-state index contributed by atoms with van der Waals surface area (Å²) in [5.41, 5.74) is 4.62. The van der Waals surface area contributed by atoms with E-state index in [1.54, 1.807) is 0 Å². The maximum absolute atomic E-state index is 12.4. The minimum Gasteiger partial charge on any atom is -0.384 e. The molecule has 0 saturated carbocycles. The molecule has 16 heavy (non-hydrogen) atoms. The zero-order valence-electron chi connectivity index (χ0n) is 8.59. The lowest BCUT2D eigenvalue weighted by atomic mass is 10.1. The fraction of sp³-hybridized carbons (Fsp3) is 0.667. The number of nitrogen functional groups attached to an aromatic ring is 1. The Morgan fingerprint density at radius 3 is 2.75 bits per heavy atom. The molecule has 1 fully saturated rings. The van der Waals surface area contributed by atoms with Gasteiger partial charge in [0.15, 0.2) is 5.69 Å². The molecule has 1 saturated heterocycles. The van der Waals surface area contributed by atoms with Gasteiger partial charge in [0.05, 0.1) is 6.04 Å². The highest BCUT2D eigenvalue weighted by molar-refractivity contribution is 5.32. The predicted molar refractivity (Wildman–Crippen MR) is 52.8 cm³/mol. The molecule has 0 unspecified atom stereocenters. The SMILES string of the molecule is Nc1cc(C(F)(F)F)nn1[C@H]1CCCNC1. The zero-order valence-corrected chi connectivity index (χ0v) is 8.59. The van der Waals surface area contributed by atoms with Gasteiger partial charge < -0.3 is 11.1 Å². The van der Waals surface area contributed by atoms with Gasteiger partial charge in [-0.2, -0.15) is 18.3 Å². The molecule has 0 bridgehead atoms. The molecular formula is C9H13F3N4. The van der Waals surface area contributed by atoms with E-state index in [2.05, 4.69) is 10.4 Å². The van der Waals surface area contributed by atoms with Gasteiger partial charge >= 0.3 is 6.18 Å². The maximum Gasteiger partial charge on any atom is 0.435 e. The third kappa shape index (κ3) is 2.13. The van der Waals surface area contributed by atoms with E-state index < -0.39 is 11.9 Å². The van der Waals surface area contributed by atoms with Crippen molar-refractivity contribution in [3.8, 4) is 0 Å². The van der Waals surface area contributed by atoms with Gasteiger partial charge in [0.2, 0.25) is 0 Å². The number of hydrogen-bond acceptors (Lipinski definition) is 3. The average Bonchev–Trinajstić information content (AvgIpc) is 2.61. The molecule has 1 atom stereocenters. The van der Waals surface area contributed by atoms with Crippen LogP contribution in [0.1, 0.15) is 24.6 Å². The molecule has 2 heterocycles. The summed E-state index contributed by atoms with van der Waals surface area (Å²) in [6.07, 6.45) is -2.71. The number of aromatic nitrogens is 2. The molecule has 0 radical (unpaired) electrons. The van der Waals surface area contributed by atoms with Gasteiger partial charge in [-0.3, -0.25) is 0 Å². The summed E-state index contributed by atoms with van der Waals surface area (Å²) in [5, 5.41) is 6.64. The molecule has 2 rings (SSSR count). The quantitative estimate of drug-likeness (QED) is 0.772. The Morgan fingerprint density at radius 1 is 1.50 bits per heavy atom. The van der Waals surface area contributed by atoms with E-state index in [0.717, 1.165) is 25.5 Å². The summed E-state index contributed by atoms with van der Waals surface area (Å²) in [4.78, 5) is 0. The van der Waals surface area contributed by atoms with Gasteiger partial charge in [-0.15, -0.1) is 0 Å². The molecule has 0 amide bonds. The maximum atomic E-state index is 12.4. The molecule has 7 heteroatoms. The third-order valence-corrected chi connectivity index (χ3v) is 2.67. The summed E-state index contributed by atoms with van der Waals surface area (Å²) in [6.45, 7) is 1.51. The molecular weight excluding hydrogens is 221 g/mol. The molecule has 0 aliphatic carbocycles. The standard InChI is InChI=1S/C9H13F3N4/c10-9(11,12)7-4-8(13)16(15-7)6-2-1-3-14-5-6/h4,6,14H,1-3,5,13H2/t6-/m0/s1. The second kappa shape index (κ2) is 3.97. The van der Waals surface area contributed by atoms with Gasteiger partial charge in [-0.1, -0.05) is 0 Å². The zero-order chi connectivity index (χ0) is 11.8. The Balaban J connectivity index is 2.24. The first-order valence-corrected chi connectivity index (χ1v) is 5.11. The van der Waals surface area contributed by atoms with Crippen LogP contribution in [-0.4, -0.2) is 22.9 Å². The van der Waals surface area contributed by atoms with Crippen molar-refractivity contribution in [1.82, 2.24) is 15.1 Å². The molecule has 3 N–H and O–H groups in total. The highest BCUT2D eigenvalue weighted by Gasteiger charge is 2.35. The lowest BCUT2D eigenvalue weighted by molar-refractivity contribution is -0.141. The molecule has 1 aliphatic heterocycles. The van der Waals surface area contributed by atoms with E-state index >= 15 is 0 Å². The summed E-state index contributed by atoms with van der Waals surface area (Å²) in [7, 11) is 0. The van der Waals surface area contributed by atoms with E-state index in [0.29, 0.717) is 6.54 Å². The Bertz CT molecular complexity index is 365. The van der Waals surface area contributed by atoms with Crippen molar-refractivity contribution in [3.05, 3.63) is 11.8 Å². The Morgan fingerprint density at radius 2 is 2.25 bits per heavy atom. The van der Waals surface area contributed by atoms with Gasteiger partial charge in [0.25, 0.3) is 0 Å². The minimum atomic E-state index is -4.43. The van der Waals surface area contributed by atoms with E-state index in [1.807, 2.05) is 0 Å². The molecule has 90 valence electrons. The number of nitrogens with zero attached hydrogens (tertiary/aromatic N) is 2. The smallest absolute Gasteiger partial charge is 0.384 e. The molecule has 1 aromatic rings. The van der Waals surface area contributed by atoms with Crippen LogP contribution in [0.15, 0.2) is 6.07 Å².